The van der Waals surface area contributed by atoms with Crippen molar-refractivity contribution in [2.75, 3.05) is 13.1 Å². The van der Waals surface area contributed by atoms with Gasteiger partial charge < -0.3 is 0 Å². The third kappa shape index (κ3) is 2.66. The van der Waals surface area contributed by atoms with Crippen LogP contribution in [-0.2, 0) is 12.8 Å². The first kappa shape index (κ1) is 11.7. The maximum atomic E-state index is 5.66. The molecule has 1 aliphatic rings. The Morgan fingerprint density at radius 3 is 2.75 bits per heavy atom. The van der Waals surface area contributed by atoms with E-state index in [0.29, 0.717) is 0 Å². The highest BCUT2D eigenvalue weighted by Gasteiger charge is 2.24. The van der Waals surface area contributed by atoms with E-state index in [1.807, 2.05) is 5.01 Å². The van der Waals surface area contributed by atoms with Gasteiger partial charge in [-0.05, 0) is 42.4 Å². The maximum Gasteiger partial charge on any atom is 0.101 e. The van der Waals surface area contributed by atoms with Crippen molar-refractivity contribution in [3.05, 3.63) is 34.9 Å². The third-order valence-corrected chi connectivity index (χ3v) is 3.44. The van der Waals surface area contributed by atoms with Crippen LogP contribution >= 0.6 is 0 Å². The average molecular weight is 216 g/mol. The monoisotopic (exact) mass is 216 g/mol. The summed E-state index contributed by atoms with van der Waals surface area (Å²) < 4.78 is 0. The highest BCUT2D eigenvalue weighted by atomic mass is 15.4. The van der Waals surface area contributed by atoms with Gasteiger partial charge in [0, 0.05) is 13.1 Å². The number of hydrogen-bond donors (Lipinski definition) is 1. The predicted octanol–water partition coefficient (Wildman–Crippen LogP) is 0.937. The fourth-order valence-electron chi connectivity index (χ4n) is 2.48. The van der Waals surface area contributed by atoms with Crippen molar-refractivity contribution >= 4 is 7.85 Å². The van der Waals surface area contributed by atoms with Crippen molar-refractivity contribution in [1.29, 1.82) is 0 Å². The number of hydrogen-bond acceptors (Lipinski definition) is 2. The molecule has 16 heavy (non-hydrogen) atoms. The van der Waals surface area contributed by atoms with Crippen LogP contribution in [0.1, 0.15) is 16.7 Å². The van der Waals surface area contributed by atoms with Gasteiger partial charge in [0.25, 0.3) is 0 Å². The van der Waals surface area contributed by atoms with Crippen LogP contribution in [0.25, 0.3) is 0 Å². The van der Waals surface area contributed by atoms with Gasteiger partial charge in [-0.2, -0.15) is 0 Å². The van der Waals surface area contributed by atoms with Crippen molar-refractivity contribution in [1.82, 2.24) is 5.01 Å². The molecule has 1 heterocycles. The molecular formula is C13H21BN2. The molecule has 0 aliphatic carbocycles. The molecule has 1 aliphatic heterocycles. The minimum atomic E-state index is 0.765. The van der Waals surface area contributed by atoms with Crippen LogP contribution in [0.15, 0.2) is 18.2 Å². The van der Waals surface area contributed by atoms with Gasteiger partial charge >= 0.3 is 0 Å². The number of rotatable bonds is 4. The Hall–Kier alpha value is -0.795. The quantitative estimate of drug-likeness (QED) is 0.599. The highest BCUT2D eigenvalue weighted by molar-refractivity contribution is 6.08. The van der Waals surface area contributed by atoms with Crippen LogP contribution in [0.3, 0.4) is 0 Å². The lowest BCUT2D eigenvalue weighted by molar-refractivity contribution is 0.102. The van der Waals surface area contributed by atoms with E-state index in [0.717, 1.165) is 19.0 Å². The predicted molar refractivity (Wildman–Crippen MR) is 71.2 cm³/mol. The van der Waals surface area contributed by atoms with Crippen molar-refractivity contribution in [2.45, 2.75) is 26.1 Å². The largest absolute Gasteiger partial charge is 0.269 e. The Morgan fingerprint density at radius 2 is 2.19 bits per heavy atom. The second-order valence-corrected chi connectivity index (χ2v) is 5.03. The summed E-state index contributed by atoms with van der Waals surface area (Å²) in [5.41, 5.74) is 4.41. The van der Waals surface area contributed by atoms with E-state index in [-0.39, 0.29) is 0 Å². The number of benzene rings is 1. The van der Waals surface area contributed by atoms with Gasteiger partial charge in [0.1, 0.15) is 7.85 Å². The smallest absolute Gasteiger partial charge is 0.101 e. The first-order valence-electron chi connectivity index (χ1n) is 6.27. The molecule has 2 N–H and O–H groups in total. The zero-order chi connectivity index (χ0) is 11.5. The summed E-state index contributed by atoms with van der Waals surface area (Å²) >= 11 is 0. The number of nitrogens with two attached hydrogens (primary N) is 1. The molecule has 1 aromatic carbocycles. The standard InChI is InChI=1S/C13H21BN2/c1-10-6-11(4-5-14)2-3-13(10)7-12-8-16(15)9-12/h2-3,6,12H,4-5,7-9,14-15H2,1H3. The molecular weight excluding hydrogens is 195 g/mol. The van der Waals surface area contributed by atoms with Crippen LogP contribution < -0.4 is 5.84 Å². The van der Waals surface area contributed by atoms with Crippen molar-refractivity contribution in [2.24, 2.45) is 11.8 Å². The lowest BCUT2D eigenvalue weighted by atomic mass is 9.89. The van der Waals surface area contributed by atoms with Crippen LogP contribution in [0.2, 0.25) is 6.32 Å². The summed E-state index contributed by atoms with van der Waals surface area (Å²) in [4.78, 5) is 0. The molecule has 2 nitrogen and oxygen atoms in total. The molecule has 0 radical (unpaired) electrons. The van der Waals surface area contributed by atoms with Crippen molar-refractivity contribution < 1.29 is 0 Å². The van der Waals surface area contributed by atoms with Gasteiger partial charge in [-0.25, -0.2) is 5.01 Å². The minimum Gasteiger partial charge on any atom is -0.269 e. The van der Waals surface area contributed by atoms with Gasteiger partial charge in [-0.15, -0.1) is 0 Å². The molecule has 0 spiro atoms. The van der Waals surface area contributed by atoms with Gasteiger partial charge in [0.2, 0.25) is 0 Å². The highest BCUT2D eigenvalue weighted by Crippen LogP contribution is 2.21. The molecule has 1 fully saturated rings. The normalized spacial score (nSPS) is 17.4. The molecule has 0 saturated carbocycles. The van der Waals surface area contributed by atoms with E-state index in [1.54, 1.807) is 0 Å². The molecule has 0 bridgehead atoms. The number of hydrazine groups is 1. The Balaban J connectivity index is 1.99. The summed E-state index contributed by atoms with van der Waals surface area (Å²) in [6, 6.07) is 6.93. The van der Waals surface area contributed by atoms with Crippen molar-refractivity contribution in [3.8, 4) is 0 Å². The van der Waals surface area contributed by atoms with Gasteiger partial charge in [-0.3, -0.25) is 5.84 Å². The molecule has 1 saturated heterocycles. The van der Waals surface area contributed by atoms with E-state index in [1.165, 1.54) is 35.9 Å². The molecule has 0 amide bonds. The van der Waals surface area contributed by atoms with Crippen LogP contribution in [0, 0.1) is 12.8 Å². The summed E-state index contributed by atoms with van der Waals surface area (Å²) in [7, 11) is 2.23. The van der Waals surface area contributed by atoms with Gasteiger partial charge in [0.05, 0.1) is 0 Å². The molecule has 2 rings (SSSR count). The van der Waals surface area contributed by atoms with E-state index >= 15 is 0 Å². The second kappa shape index (κ2) is 5.02. The van der Waals surface area contributed by atoms with E-state index < -0.39 is 0 Å². The molecule has 3 heteroatoms. The zero-order valence-corrected chi connectivity index (χ0v) is 10.4. The van der Waals surface area contributed by atoms with Crippen LogP contribution in [0.4, 0.5) is 0 Å². The summed E-state index contributed by atoms with van der Waals surface area (Å²) in [6.45, 7) is 4.33. The zero-order valence-electron chi connectivity index (χ0n) is 10.4. The van der Waals surface area contributed by atoms with Gasteiger partial charge in [0.15, 0.2) is 0 Å². The average Bonchev–Trinajstić information content (AvgIpc) is 2.20. The SMILES string of the molecule is BCCc1ccc(CC2CN(N)C2)c(C)c1. The first-order chi connectivity index (χ1) is 7.69. The van der Waals surface area contributed by atoms with Gasteiger partial charge in [-0.1, -0.05) is 24.5 Å². The Kier molecular flexibility index (Phi) is 3.67. The Bertz CT molecular complexity index is 359. The maximum absolute atomic E-state index is 5.66. The van der Waals surface area contributed by atoms with E-state index in [9.17, 15) is 0 Å². The Labute approximate surface area is 99.2 Å². The minimum absolute atomic E-state index is 0.765. The summed E-state index contributed by atoms with van der Waals surface area (Å²) in [6.07, 6.45) is 3.61. The lowest BCUT2D eigenvalue weighted by Crippen LogP contribution is -2.51. The van der Waals surface area contributed by atoms with E-state index in [2.05, 4.69) is 33.0 Å². The molecule has 1 aromatic rings. The van der Waals surface area contributed by atoms with Crippen LogP contribution in [0.5, 0.6) is 0 Å². The molecule has 0 aromatic heterocycles. The fourth-order valence-corrected chi connectivity index (χ4v) is 2.48. The molecule has 86 valence electrons. The van der Waals surface area contributed by atoms with Crippen LogP contribution in [-0.4, -0.2) is 25.9 Å². The Morgan fingerprint density at radius 1 is 1.44 bits per heavy atom. The number of aryl methyl sites for hydroxylation is 2. The fraction of sp³-hybridized carbons (Fsp3) is 0.538. The lowest BCUT2D eigenvalue weighted by Gasteiger charge is -2.35. The molecule has 0 atom stereocenters. The topological polar surface area (TPSA) is 29.3 Å². The number of nitrogens with zero attached hydrogens (tertiary/aromatic N) is 1. The second-order valence-electron chi connectivity index (χ2n) is 5.03. The summed E-state index contributed by atoms with van der Waals surface area (Å²) in [5, 5.41) is 1.89. The molecule has 0 unspecified atom stereocenters. The third-order valence-electron chi connectivity index (χ3n) is 3.44. The van der Waals surface area contributed by atoms with E-state index in [4.69, 9.17) is 5.84 Å². The summed E-state index contributed by atoms with van der Waals surface area (Å²) in [5.74, 6) is 6.42. The van der Waals surface area contributed by atoms with Crippen molar-refractivity contribution in [3.63, 3.8) is 0 Å². The first-order valence-corrected chi connectivity index (χ1v) is 6.27.